The minimum absolute atomic E-state index is 0.0902. The van der Waals surface area contributed by atoms with Crippen molar-refractivity contribution in [3.8, 4) is 0 Å². The quantitative estimate of drug-likeness (QED) is 0.824. The summed E-state index contributed by atoms with van der Waals surface area (Å²) in [6, 6.07) is 0. The van der Waals surface area contributed by atoms with E-state index in [2.05, 4.69) is 19.9 Å². The topological polar surface area (TPSA) is 60.4 Å². The predicted octanol–water partition coefficient (Wildman–Crippen LogP) is 0.938. The summed E-state index contributed by atoms with van der Waals surface area (Å²) in [5.41, 5.74) is 2.68. The van der Waals surface area contributed by atoms with Gasteiger partial charge in [0.1, 0.15) is 16.7 Å². The summed E-state index contributed by atoms with van der Waals surface area (Å²) in [6.07, 6.45) is 1.68. The van der Waals surface area contributed by atoms with Gasteiger partial charge in [-0.25, -0.2) is 15.0 Å². The van der Waals surface area contributed by atoms with E-state index in [0.29, 0.717) is 13.2 Å². The van der Waals surface area contributed by atoms with E-state index in [-0.39, 0.29) is 6.10 Å². The number of hydrogen-bond donors (Lipinski definition) is 0. The average molecular weight is 266 g/mol. The Kier molecular flexibility index (Phi) is 3.35. The molecule has 2 aromatic heterocycles. The first-order valence-electron chi connectivity index (χ1n) is 5.78. The van der Waals surface area contributed by atoms with Gasteiger partial charge in [0, 0.05) is 20.2 Å². The van der Waals surface area contributed by atoms with Crippen molar-refractivity contribution >= 4 is 27.5 Å². The Morgan fingerprint density at radius 3 is 3.33 bits per heavy atom. The lowest BCUT2D eigenvalue weighted by Crippen LogP contribution is -2.44. The molecule has 0 spiro atoms. The Morgan fingerprint density at radius 2 is 2.44 bits per heavy atom. The van der Waals surface area contributed by atoms with Crippen molar-refractivity contribution in [2.75, 3.05) is 38.3 Å². The van der Waals surface area contributed by atoms with Crippen LogP contribution in [0.4, 0.5) is 5.82 Å². The van der Waals surface area contributed by atoms with Crippen LogP contribution in [0.5, 0.6) is 0 Å². The SMILES string of the molecule is COCC1CN(c2ncnc3scnc23)CCO1. The van der Waals surface area contributed by atoms with Gasteiger partial charge in [0.05, 0.1) is 24.8 Å². The lowest BCUT2D eigenvalue weighted by atomic mass is 10.3. The van der Waals surface area contributed by atoms with Crippen LogP contribution in [0.1, 0.15) is 0 Å². The fourth-order valence-corrected chi connectivity index (χ4v) is 2.73. The highest BCUT2D eigenvalue weighted by molar-refractivity contribution is 7.16. The van der Waals surface area contributed by atoms with E-state index >= 15 is 0 Å². The first-order chi connectivity index (χ1) is 8.88. The minimum atomic E-state index is 0.0902. The first-order valence-corrected chi connectivity index (χ1v) is 6.66. The van der Waals surface area contributed by atoms with Gasteiger partial charge in [0.25, 0.3) is 0 Å². The zero-order valence-corrected chi connectivity index (χ0v) is 10.9. The molecule has 0 radical (unpaired) electrons. The van der Waals surface area contributed by atoms with Crippen molar-refractivity contribution in [1.82, 2.24) is 15.0 Å². The monoisotopic (exact) mass is 266 g/mol. The third-order valence-electron chi connectivity index (χ3n) is 2.91. The van der Waals surface area contributed by atoms with Crippen LogP contribution < -0.4 is 4.90 Å². The van der Waals surface area contributed by atoms with Crippen molar-refractivity contribution in [3.05, 3.63) is 11.8 Å². The molecule has 1 unspecified atom stereocenters. The highest BCUT2D eigenvalue weighted by Crippen LogP contribution is 2.25. The first kappa shape index (κ1) is 11.8. The van der Waals surface area contributed by atoms with Crippen molar-refractivity contribution < 1.29 is 9.47 Å². The third kappa shape index (κ3) is 2.16. The van der Waals surface area contributed by atoms with Crippen molar-refractivity contribution in [2.45, 2.75) is 6.10 Å². The van der Waals surface area contributed by atoms with Crippen LogP contribution in [0.3, 0.4) is 0 Å². The molecule has 6 nitrogen and oxygen atoms in total. The maximum absolute atomic E-state index is 5.64. The minimum Gasteiger partial charge on any atom is -0.382 e. The van der Waals surface area contributed by atoms with Gasteiger partial charge in [0.2, 0.25) is 0 Å². The molecule has 18 heavy (non-hydrogen) atoms. The molecular weight excluding hydrogens is 252 g/mol. The number of methoxy groups -OCH3 is 1. The van der Waals surface area contributed by atoms with Gasteiger partial charge in [-0.15, -0.1) is 11.3 Å². The number of hydrogen-bond acceptors (Lipinski definition) is 7. The number of anilines is 1. The number of aromatic nitrogens is 3. The molecule has 3 rings (SSSR count). The molecular formula is C11H14N4O2S. The summed E-state index contributed by atoms with van der Waals surface area (Å²) in [5.74, 6) is 0.894. The van der Waals surface area contributed by atoms with E-state index in [1.54, 1.807) is 18.9 Å². The molecule has 0 amide bonds. The maximum atomic E-state index is 5.64. The van der Waals surface area contributed by atoms with Gasteiger partial charge in [-0.3, -0.25) is 0 Å². The van der Waals surface area contributed by atoms with Gasteiger partial charge < -0.3 is 14.4 Å². The number of ether oxygens (including phenoxy) is 2. The number of nitrogens with zero attached hydrogens (tertiary/aromatic N) is 4. The van der Waals surface area contributed by atoms with Crippen molar-refractivity contribution in [3.63, 3.8) is 0 Å². The van der Waals surface area contributed by atoms with Crippen LogP contribution in [0.25, 0.3) is 10.3 Å². The molecule has 1 fully saturated rings. The maximum Gasteiger partial charge on any atom is 0.159 e. The largest absolute Gasteiger partial charge is 0.382 e. The van der Waals surface area contributed by atoms with E-state index in [1.807, 2.05) is 0 Å². The highest BCUT2D eigenvalue weighted by Gasteiger charge is 2.23. The van der Waals surface area contributed by atoms with Crippen LogP contribution in [0.15, 0.2) is 11.8 Å². The Balaban J connectivity index is 1.87. The molecule has 1 atom stereocenters. The molecule has 0 aromatic carbocycles. The fraction of sp³-hybridized carbons (Fsp3) is 0.545. The van der Waals surface area contributed by atoms with Crippen LogP contribution in [0.2, 0.25) is 0 Å². The summed E-state index contributed by atoms with van der Waals surface area (Å²) < 4.78 is 10.8. The summed E-state index contributed by atoms with van der Waals surface area (Å²) in [4.78, 5) is 16.0. The van der Waals surface area contributed by atoms with Gasteiger partial charge >= 0.3 is 0 Å². The Hall–Kier alpha value is -1.31. The number of thiazole rings is 1. The van der Waals surface area contributed by atoms with Gasteiger partial charge in [-0.1, -0.05) is 0 Å². The number of rotatable bonds is 3. The van der Waals surface area contributed by atoms with E-state index < -0.39 is 0 Å². The second-order valence-corrected chi connectivity index (χ2v) is 4.93. The standard InChI is InChI=1S/C11H14N4O2S/c1-16-5-8-4-15(2-3-17-8)10-9-11(13-6-12-10)18-7-14-9/h6-8H,2-5H2,1H3. The van der Waals surface area contributed by atoms with Crippen LogP contribution in [0, 0.1) is 0 Å². The fourth-order valence-electron chi connectivity index (χ4n) is 2.11. The summed E-state index contributed by atoms with van der Waals surface area (Å²) in [7, 11) is 1.69. The molecule has 3 heterocycles. The van der Waals surface area contributed by atoms with Crippen LogP contribution in [-0.2, 0) is 9.47 Å². The normalized spacial score (nSPS) is 20.5. The molecule has 0 aliphatic carbocycles. The molecule has 7 heteroatoms. The zero-order valence-electron chi connectivity index (χ0n) is 10.1. The molecule has 0 bridgehead atoms. The molecule has 2 aromatic rings. The van der Waals surface area contributed by atoms with Crippen LogP contribution in [-0.4, -0.2) is 54.5 Å². The zero-order chi connectivity index (χ0) is 12.4. The van der Waals surface area contributed by atoms with Gasteiger partial charge in [0.15, 0.2) is 5.82 Å². The lowest BCUT2D eigenvalue weighted by molar-refractivity contribution is -0.0101. The van der Waals surface area contributed by atoms with E-state index in [0.717, 1.165) is 29.3 Å². The summed E-state index contributed by atoms with van der Waals surface area (Å²) in [6.45, 7) is 2.88. The van der Waals surface area contributed by atoms with Crippen molar-refractivity contribution in [2.24, 2.45) is 0 Å². The predicted molar refractivity (Wildman–Crippen MR) is 69.0 cm³/mol. The average Bonchev–Trinajstić information content (AvgIpc) is 2.87. The smallest absolute Gasteiger partial charge is 0.159 e. The second kappa shape index (κ2) is 5.13. The highest BCUT2D eigenvalue weighted by atomic mass is 32.1. The summed E-state index contributed by atoms with van der Waals surface area (Å²) in [5, 5.41) is 0. The lowest BCUT2D eigenvalue weighted by Gasteiger charge is -2.33. The van der Waals surface area contributed by atoms with Gasteiger partial charge in [-0.2, -0.15) is 0 Å². The Morgan fingerprint density at radius 1 is 1.50 bits per heavy atom. The Labute approximate surface area is 109 Å². The van der Waals surface area contributed by atoms with Crippen LogP contribution >= 0.6 is 11.3 Å². The van der Waals surface area contributed by atoms with Gasteiger partial charge in [-0.05, 0) is 0 Å². The molecule has 96 valence electrons. The Bertz CT molecular complexity index is 530. The second-order valence-electron chi connectivity index (χ2n) is 4.10. The van der Waals surface area contributed by atoms with E-state index in [1.165, 1.54) is 11.3 Å². The number of fused-ring (bicyclic) bond motifs is 1. The molecule has 0 N–H and O–H groups in total. The molecule has 1 aliphatic rings. The third-order valence-corrected chi connectivity index (χ3v) is 3.64. The van der Waals surface area contributed by atoms with E-state index in [4.69, 9.17) is 9.47 Å². The summed E-state index contributed by atoms with van der Waals surface area (Å²) >= 11 is 1.53. The molecule has 0 saturated carbocycles. The number of morpholine rings is 1. The molecule has 1 aliphatic heterocycles. The van der Waals surface area contributed by atoms with Crippen molar-refractivity contribution in [1.29, 1.82) is 0 Å². The molecule has 1 saturated heterocycles. The van der Waals surface area contributed by atoms with E-state index in [9.17, 15) is 0 Å².